The van der Waals surface area contributed by atoms with E-state index in [9.17, 15) is 4.79 Å². The molecule has 6 heteroatoms. The smallest absolute Gasteiger partial charge is 0.257 e. The van der Waals surface area contributed by atoms with Crippen LogP contribution >= 0.6 is 11.6 Å². The molecule has 1 unspecified atom stereocenters. The predicted molar refractivity (Wildman–Crippen MR) is 78.4 cm³/mol. The number of hydrogen-bond donors (Lipinski definition) is 0. The van der Waals surface area contributed by atoms with Gasteiger partial charge in [0.15, 0.2) is 11.5 Å². The van der Waals surface area contributed by atoms with Crippen LogP contribution in [0.3, 0.4) is 0 Å². The molecule has 0 fully saturated rings. The van der Waals surface area contributed by atoms with Crippen LogP contribution < -0.4 is 14.2 Å². The van der Waals surface area contributed by atoms with Crippen molar-refractivity contribution in [3.05, 3.63) is 17.7 Å². The summed E-state index contributed by atoms with van der Waals surface area (Å²) in [5.74, 6) is 1.07. The Labute approximate surface area is 124 Å². The molecule has 112 valence electrons. The van der Waals surface area contributed by atoms with Crippen molar-refractivity contribution in [2.75, 3.05) is 34.9 Å². The highest BCUT2D eigenvalue weighted by molar-refractivity contribution is 6.20. The Bertz CT molecular complexity index is 476. The Morgan fingerprint density at radius 1 is 1.20 bits per heavy atom. The molecule has 1 amide bonds. The van der Waals surface area contributed by atoms with Gasteiger partial charge in [-0.15, -0.1) is 11.6 Å². The second-order valence-corrected chi connectivity index (χ2v) is 5.09. The number of carbonyl (C=O) groups is 1. The minimum absolute atomic E-state index is 0.130. The number of rotatable bonds is 6. The van der Waals surface area contributed by atoms with Gasteiger partial charge in [0.25, 0.3) is 5.91 Å². The van der Waals surface area contributed by atoms with Crippen LogP contribution in [0.4, 0.5) is 0 Å². The molecule has 0 bridgehead atoms. The van der Waals surface area contributed by atoms with E-state index in [-0.39, 0.29) is 11.3 Å². The van der Waals surface area contributed by atoms with E-state index in [1.54, 1.807) is 24.1 Å². The normalized spacial score (nSPS) is 11.7. The predicted octanol–water partition coefficient (Wildman–Crippen LogP) is 2.41. The molecule has 0 aliphatic carbocycles. The molecule has 0 radical (unpaired) electrons. The molecule has 20 heavy (non-hydrogen) atoms. The number of halogens is 1. The van der Waals surface area contributed by atoms with Crippen LogP contribution in [-0.4, -0.2) is 51.1 Å². The number of methoxy groups -OCH3 is 3. The van der Waals surface area contributed by atoms with E-state index < -0.39 is 0 Å². The van der Waals surface area contributed by atoms with Gasteiger partial charge in [-0.25, -0.2) is 0 Å². The average Bonchev–Trinajstić information content (AvgIpc) is 2.43. The van der Waals surface area contributed by atoms with E-state index in [1.165, 1.54) is 21.3 Å². The van der Waals surface area contributed by atoms with E-state index in [4.69, 9.17) is 25.8 Å². The monoisotopic (exact) mass is 301 g/mol. The number of benzene rings is 1. The maximum atomic E-state index is 12.4. The molecular formula is C14H20ClNO4. The fourth-order valence-corrected chi connectivity index (χ4v) is 2.14. The van der Waals surface area contributed by atoms with Gasteiger partial charge in [0.1, 0.15) is 0 Å². The summed E-state index contributed by atoms with van der Waals surface area (Å²) >= 11 is 5.91. The molecule has 0 aliphatic heterocycles. The Morgan fingerprint density at radius 2 is 1.80 bits per heavy atom. The molecular weight excluding hydrogens is 282 g/mol. The zero-order chi connectivity index (χ0) is 15.3. The van der Waals surface area contributed by atoms with E-state index >= 15 is 0 Å². The summed E-state index contributed by atoms with van der Waals surface area (Å²) in [7, 11) is 6.20. The molecule has 0 N–H and O–H groups in total. The van der Waals surface area contributed by atoms with Crippen LogP contribution in [0.2, 0.25) is 0 Å². The zero-order valence-electron chi connectivity index (χ0n) is 12.4. The second kappa shape index (κ2) is 7.24. The summed E-state index contributed by atoms with van der Waals surface area (Å²) in [6, 6.07) is 3.32. The molecule has 0 spiro atoms. The molecule has 0 saturated carbocycles. The molecule has 0 aliphatic rings. The van der Waals surface area contributed by atoms with E-state index in [0.29, 0.717) is 29.4 Å². The summed E-state index contributed by atoms with van der Waals surface area (Å²) in [6.45, 7) is 2.27. The van der Waals surface area contributed by atoms with E-state index in [1.807, 2.05) is 6.92 Å². The lowest BCUT2D eigenvalue weighted by molar-refractivity contribution is 0.0792. The van der Waals surface area contributed by atoms with Gasteiger partial charge in [0.2, 0.25) is 5.75 Å². The van der Waals surface area contributed by atoms with Crippen molar-refractivity contribution < 1.29 is 19.0 Å². The standard InChI is InChI=1S/C14H20ClNO4/c1-9(15)8-16(2)14(17)10-6-7-11(18-3)13(20-5)12(10)19-4/h6-7,9H,8H2,1-5H3. The second-order valence-electron chi connectivity index (χ2n) is 4.35. The van der Waals surface area contributed by atoms with Crippen molar-refractivity contribution in [3.8, 4) is 17.2 Å². The third-order valence-corrected chi connectivity index (χ3v) is 2.94. The molecule has 1 atom stereocenters. The van der Waals surface area contributed by atoms with Gasteiger partial charge in [-0.05, 0) is 19.1 Å². The van der Waals surface area contributed by atoms with Crippen molar-refractivity contribution in [3.63, 3.8) is 0 Å². The lowest BCUT2D eigenvalue weighted by atomic mass is 10.1. The van der Waals surface area contributed by atoms with Gasteiger partial charge < -0.3 is 19.1 Å². The first kappa shape index (κ1) is 16.4. The van der Waals surface area contributed by atoms with Crippen molar-refractivity contribution >= 4 is 17.5 Å². The Hall–Kier alpha value is -1.62. The SMILES string of the molecule is COc1ccc(C(=O)N(C)CC(C)Cl)c(OC)c1OC. The Morgan fingerprint density at radius 3 is 2.25 bits per heavy atom. The van der Waals surface area contributed by atoms with Crippen LogP contribution in [0.5, 0.6) is 17.2 Å². The highest BCUT2D eigenvalue weighted by Crippen LogP contribution is 2.40. The lowest BCUT2D eigenvalue weighted by Crippen LogP contribution is -2.31. The van der Waals surface area contributed by atoms with Gasteiger partial charge in [-0.1, -0.05) is 0 Å². The van der Waals surface area contributed by atoms with E-state index in [0.717, 1.165) is 0 Å². The maximum absolute atomic E-state index is 12.4. The minimum Gasteiger partial charge on any atom is -0.493 e. The van der Waals surface area contributed by atoms with Gasteiger partial charge in [-0.2, -0.15) is 0 Å². The van der Waals surface area contributed by atoms with Gasteiger partial charge in [0, 0.05) is 19.0 Å². The summed E-state index contributed by atoms with van der Waals surface area (Å²) in [4.78, 5) is 14.0. The van der Waals surface area contributed by atoms with Crippen LogP contribution in [0.1, 0.15) is 17.3 Å². The number of ether oxygens (including phenoxy) is 3. The van der Waals surface area contributed by atoms with E-state index in [2.05, 4.69) is 0 Å². The van der Waals surface area contributed by atoms with Crippen LogP contribution in [0.25, 0.3) is 0 Å². The highest BCUT2D eigenvalue weighted by atomic mass is 35.5. The maximum Gasteiger partial charge on any atom is 0.257 e. The molecule has 0 saturated heterocycles. The van der Waals surface area contributed by atoms with Crippen LogP contribution in [0, 0.1) is 0 Å². The first-order valence-electron chi connectivity index (χ1n) is 6.14. The topological polar surface area (TPSA) is 48.0 Å². The lowest BCUT2D eigenvalue weighted by Gasteiger charge is -2.21. The molecule has 1 rings (SSSR count). The van der Waals surface area contributed by atoms with Crippen molar-refractivity contribution in [2.24, 2.45) is 0 Å². The molecule has 5 nitrogen and oxygen atoms in total. The Kier molecular flexibility index (Phi) is 5.95. The zero-order valence-corrected chi connectivity index (χ0v) is 13.2. The first-order chi connectivity index (χ1) is 9.46. The largest absolute Gasteiger partial charge is 0.493 e. The van der Waals surface area contributed by atoms with Crippen molar-refractivity contribution in [1.29, 1.82) is 0 Å². The number of alkyl halides is 1. The summed E-state index contributed by atoms with van der Waals surface area (Å²) in [5.41, 5.74) is 0.407. The molecule has 1 aromatic rings. The number of amides is 1. The molecule has 0 heterocycles. The Balaban J connectivity index is 3.21. The fourth-order valence-electron chi connectivity index (χ4n) is 1.94. The minimum atomic E-state index is -0.185. The summed E-state index contributed by atoms with van der Waals surface area (Å²) in [5, 5.41) is -0.130. The number of carbonyl (C=O) groups excluding carboxylic acids is 1. The third-order valence-electron chi connectivity index (χ3n) is 2.81. The van der Waals surface area contributed by atoms with Crippen LogP contribution in [0.15, 0.2) is 12.1 Å². The number of nitrogens with zero attached hydrogens (tertiary/aromatic N) is 1. The van der Waals surface area contributed by atoms with Gasteiger partial charge in [-0.3, -0.25) is 4.79 Å². The third kappa shape index (κ3) is 3.48. The quantitative estimate of drug-likeness (QED) is 0.757. The molecule has 1 aromatic carbocycles. The fraction of sp³-hybridized carbons (Fsp3) is 0.500. The first-order valence-corrected chi connectivity index (χ1v) is 6.58. The van der Waals surface area contributed by atoms with Crippen LogP contribution in [-0.2, 0) is 0 Å². The van der Waals surface area contributed by atoms with Crippen molar-refractivity contribution in [1.82, 2.24) is 4.90 Å². The summed E-state index contributed by atoms with van der Waals surface area (Å²) < 4.78 is 15.8. The molecule has 0 aromatic heterocycles. The van der Waals surface area contributed by atoms with Crippen molar-refractivity contribution in [2.45, 2.75) is 12.3 Å². The summed E-state index contributed by atoms with van der Waals surface area (Å²) in [6.07, 6.45) is 0. The number of hydrogen-bond acceptors (Lipinski definition) is 4. The van der Waals surface area contributed by atoms with Gasteiger partial charge in [0.05, 0.1) is 26.9 Å². The highest BCUT2D eigenvalue weighted by Gasteiger charge is 2.23. The van der Waals surface area contributed by atoms with Gasteiger partial charge >= 0.3 is 0 Å². The average molecular weight is 302 g/mol.